The Morgan fingerprint density at radius 2 is 0.847 bits per heavy atom. The third-order valence-corrected chi connectivity index (χ3v) is 7.23. The standard InChI is InChI=1S/2C4H6N2O.C4H6N2S.3C4H6N2.5C3H5N3.8C2H6/c1-3-5-6-4(2)7-3;1-3-5-4(2)7-6-3;1-3-5-6-4(2)7-3;1-4-2-5-6-3-4;2*1-4-2-3-5-6-4;1-6-2-4-5-3-6;1-6-3-4-2-5-6;3*1-3-4-2-5-6-3;8*1-2/h3*1-2H3;3*2-3H,1H3,(H,5,6);2*2-3H,1H3;3*2H,1H3,(H,4,5,6);8*1-2H3. The van der Waals surface area contributed by atoms with Crippen molar-refractivity contribution in [1.29, 1.82) is 0 Å². The summed E-state index contributed by atoms with van der Waals surface area (Å²) in [6.45, 7) is 54.5. The summed E-state index contributed by atoms with van der Waals surface area (Å²) >= 11 is 1.62. The van der Waals surface area contributed by atoms with E-state index >= 15 is 0 Å². The fourth-order valence-corrected chi connectivity index (χ4v) is 4.07. The summed E-state index contributed by atoms with van der Waals surface area (Å²) in [5, 5.41) is 69.1. The van der Waals surface area contributed by atoms with Crippen LogP contribution in [0.5, 0.6) is 0 Å². The quantitative estimate of drug-likeness (QED) is 0.0821. The minimum atomic E-state index is 0.623. The molecule has 0 spiro atoms. The zero-order chi connectivity index (χ0) is 67.1. The van der Waals surface area contributed by atoms with Gasteiger partial charge in [0.1, 0.15) is 71.8 Å². The first-order valence-corrected chi connectivity index (χ1v) is 29.0. The van der Waals surface area contributed by atoms with E-state index in [-0.39, 0.29) is 0 Å². The molecule has 0 atom stereocenters. The van der Waals surface area contributed by atoms with Crippen LogP contribution in [-0.2, 0) is 14.1 Å². The van der Waals surface area contributed by atoms with E-state index in [9.17, 15) is 0 Å². The third kappa shape index (κ3) is 73.2. The molecule has 0 aliphatic heterocycles. The Kier molecular flexibility index (Phi) is 81.9. The number of hydrogen-bond acceptors (Lipinski definition) is 22. The zero-order valence-corrected chi connectivity index (χ0v) is 57.9. The van der Waals surface area contributed by atoms with E-state index in [4.69, 9.17) is 4.42 Å². The molecular formula is C55H109N27O2S. The van der Waals surface area contributed by atoms with Crippen molar-refractivity contribution in [2.45, 2.75) is 194 Å². The summed E-state index contributed by atoms with van der Waals surface area (Å²) in [6, 6.07) is 3.83. The van der Waals surface area contributed by atoms with Gasteiger partial charge in [0.2, 0.25) is 17.7 Å². The molecule has 0 unspecified atom stereocenters. The average Bonchev–Trinajstić information content (AvgIpc) is 4.34. The van der Waals surface area contributed by atoms with Crippen LogP contribution in [0.4, 0.5) is 0 Å². The van der Waals surface area contributed by atoms with Gasteiger partial charge in [-0.2, -0.15) is 40.7 Å². The van der Waals surface area contributed by atoms with Crippen LogP contribution in [0.15, 0.2) is 90.2 Å². The number of rotatable bonds is 0. The summed E-state index contributed by atoms with van der Waals surface area (Å²) in [4.78, 5) is 18.8. The van der Waals surface area contributed by atoms with Crippen molar-refractivity contribution < 1.29 is 8.94 Å². The maximum absolute atomic E-state index is 4.86. The summed E-state index contributed by atoms with van der Waals surface area (Å²) in [5.41, 5.74) is 3.39. The fourth-order valence-electron chi connectivity index (χ4n) is 3.48. The maximum atomic E-state index is 4.86. The van der Waals surface area contributed by atoms with Gasteiger partial charge in [0, 0.05) is 64.8 Å². The van der Waals surface area contributed by atoms with Gasteiger partial charge >= 0.3 is 0 Å². The first kappa shape index (κ1) is 92.6. The van der Waals surface area contributed by atoms with Crippen molar-refractivity contribution in [3.63, 3.8) is 0 Å². The average molecular weight is 1210 g/mol. The monoisotopic (exact) mass is 1210 g/mol. The van der Waals surface area contributed by atoms with Gasteiger partial charge in [0.05, 0.1) is 6.20 Å². The molecule has 0 aliphatic rings. The highest BCUT2D eigenvalue weighted by Gasteiger charge is 1.91. The normalized spacial score (nSPS) is 7.88. The van der Waals surface area contributed by atoms with Gasteiger partial charge in [-0.3, -0.25) is 35.3 Å². The van der Waals surface area contributed by atoms with Crippen LogP contribution < -0.4 is 0 Å². The SMILES string of the molecule is CC.CC.CC.CC.CC.CC.CC.CC.Cc1ccn[nH]1.Cc1ccn[nH]1.Cc1cn[nH]c1.Cc1ncn[nH]1.Cc1ncn[nH]1.Cc1ncn[nH]1.Cc1nnc(C)o1.Cc1nnc(C)s1.Cc1noc(C)n1.Cn1cncn1.Cn1cnnc1. The van der Waals surface area contributed by atoms with Crippen LogP contribution in [0.3, 0.4) is 0 Å². The lowest BCUT2D eigenvalue weighted by atomic mass is 10.4. The van der Waals surface area contributed by atoms with Crippen LogP contribution in [0.1, 0.15) is 179 Å². The van der Waals surface area contributed by atoms with E-state index in [1.165, 1.54) is 30.9 Å². The minimum Gasteiger partial charge on any atom is -0.426 e. The zero-order valence-electron chi connectivity index (χ0n) is 57.1. The Labute approximate surface area is 511 Å². The summed E-state index contributed by atoms with van der Waals surface area (Å²) < 4.78 is 12.9. The second kappa shape index (κ2) is 75.2. The lowest BCUT2D eigenvalue weighted by Crippen LogP contribution is -1.83. The van der Waals surface area contributed by atoms with E-state index in [0.717, 1.165) is 38.9 Å². The predicted octanol–water partition coefficient (Wildman–Crippen LogP) is 12.9. The molecule has 0 fully saturated rings. The van der Waals surface area contributed by atoms with Crippen LogP contribution in [0.25, 0.3) is 0 Å². The van der Waals surface area contributed by atoms with Gasteiger partial charge < -0.3 is 13.5 Å². The van der Waals surface area contributed by atoms with E-state index in [1.807, 2.05) is 199 Å². The molecule has 11 aromatic heterocycles. The highest BCUT2D eigenvalue weighted by atomic mass is 32.1. The minimum absolute atomic E-state index is 0.623. The Hall–Kier alpha value is -8.83. The smallest absolute Gasteiger partial charge is 0.223 e. The molecule has 0 amide bonds. The van der Waals surface area contributed by atoms with Gasteiger partial charge in [0.15, 0.2) is 5.82 Å². The summed E-state index contributed by atoms with van der Waals surface area (Å²) in [5.74, 6) is 5.13. The van der Waals surface area contributed by atoms with Crippen LogP contribution in [0.2, 0.25) is 0 Å². The Morgan fingerprint density at radius 1 is 0.447 bits per heavy atom. The van der Waals surface area contributed by atoms with E-state index in [0.29, 0.717) is 23.5 Å². The molecule has 29 nitrogen and oxygen atoms in total. The van der Waals surface area contributed by atoms with Gasteiger partial charge in [-0.05, 0) is 80.0 Å². The number of H-pyrrole nitrogens is 6. The molecule has 482 valence electrons. The molecular weight excluding hydrogens is 1100 g/mol. The molecule has 0 saturated heterocycles. The molecule has 0 saturated carbocycles. The molecule has 11 rings (SSSR count). The van der Waals surface area contributed by atoms with Crippen molar-refractivity contribution >= 4 is 11.3 Å². The molecule has 11 heterocycles. The topological polar surface area (TPSA) is 376 Å². The molecule has 30 heteroatoms. The van der Waals surface area contributed by atoms with Gasteiger partial charge in [0.25, 0.3) is 0 Å². The molecule has 85 heavy (non-hydrogen) atoms. The lowest BCUT2D eigenvalue weighted by molar-refractivity contribution is 0.389. The van der Waals surface area contributed by atoms with Crippen molar-refractivity contribution in [3.8, 4) is 0 Å². The number of hydrogen-bond donors (Lipinski definition) is 6. The van der Waals surface area contributed by atoms with Gasteiger partial charge in [-0.1, -0.05) is 116 Å². The van der Waals surface area contributed by atoms with Gasteiger partial charge in [-0.15, -0.1) is 41.9 Å². The molecule has 0 aliphatic carbocycles. The number of nitrogens with zero attached hydrogens (tertiary/aromatic N) is 21. The highest BCUT2D eigenvalue weighted by molar-refractivity contribution is 7.11. The first-order chi connectivity index (χ1) is 41.0. The number of aryl methyl sites for hydroxylation is 14. The Balaban J connectivity index is -0.000000125. The first-order valence-electron chi connectivity index (χ1n) is 28.2. The van der Waals surface area contributed by atoms with Crippen molar-refractivity contribution in [1.82, 2.24) is 136 Å². The van der Waals surface area contributed by atoms with Crippen LogP contribution in [-0.4, -0.2) is 136 Å². The fraction of sp³-hybridized carbons (Fsp3) is 0.545. The number of aromatic amines is 6. The van der Waals surface area contributed by atoms with E-state index in [2.05, 4.69) is 131 Å². The largest absolute Gasteiger partial charge is 0.426 e. The summed E-state index contributed by atoms with van der Waals surface area (Å²) in [6.07, 6.45) is 17.9. The lowest BCUT2D eigenvalue weighted by Gasteiger charge is -1.74. The van der Waals surface area contributed by atoms with Crippen LogP contribution in [0, 0.1) is 83.1 Å². The third-order valence-electron chi connectivity index (χ3n) is 6.47. The Bertz CT molecular complexity index is 2130. The Morgan fingerprint density at radius 3 is 0.941 bits per heavy atom. The van der Waals surface area contributed by atoms with Crippen molar-refractivity contribution in [2.24, 2.45) is 14.1 Å². The number of nitrogens with one attached hydrogen (secondary N) is 6. The molecule has 11 aromatic rings. The summed E-state index contributed by atoms with van der Waals surface area (Å²) in [7, 11) is 3.70. The molecule has 6 N–H and O–H groups in total. The maximum Gasteiger partial charge on any atom is 0.223 e. The predicted molar refractivity (Wildman–Crippen MR) is 343 cm³/mol. The van der Waals surface area contributed by atoms with Crippen molar-refractivity contribution in [2.75, 3.05) is 0 Å². The molecule has 0 radical (unpaired) electrons. The molecule has 0 bridgehead atoms. The van der Waals surface area contributed by atoms with E-state index < -0.39 is 0 Å². The van der Waals surface area contributed by atoms with Gasteiger partial charge in [-0.25, -0.2) is 19.9 Å². The van der Waals surface area contributed by atoms with Crippen LogP contribution >= 0.6 is 11.3 Å². The second-order valence-corrected chi connectivity index (χ2v) is 14.6. The highest BCUT2D eigenvalue weighted by Crippen LogP contribution is 2.04. The number of aromatic nitrogens is 27. The second-order valence-electron chi connectivity index (χ2n) is 13.2. The molecule has 0 aromatic carbocycles. The van der Waals surface area contributed by atoms with Crippen molar-refractivity contribution in [3.05, 3.63) is 149 Å². The van der Waals surface area contributed by atoms with E-state index in [1.54, 1.807) is 85.9 Å².